The highest BCUT2D eigenvalue weighted by Crippen LogP contribution is 2.14. The van der Waals surface area contributed by atoms with E-state index < -0.39 is 0 Å². The maximum Gasteiger partial charge on any atom is 0.110 e. The molecule has 0 spiro atoms. The van der Waals surface area contributed by atoms with Crippen LogP contribution in [0.4, 0.5) is 0 Å². The highest BCUT2D eigenvalue weighted by Gasteiger charge is 2.08. The molecule has 0 aliphatic carbocycles. The van der Waals surface area contributed by atoms with Crippen molar-refractivity contribution in [1.82, 2.24) is 10.2 Å². The van der Waals surface area contributed by atoms with Gasteiger partial charge in [0.15, 0.2) is 0 Å². The van der Waals surface area contributed by atoms with E-state index in [0.717, 1.165) is 50.8 Å². The monoisotopic (exact) mass is 251 g/mol. The van der Waals surface area contributed by atoms with Crippen LogP contribution in [0.25, 0.3) is 0 Å². The molecule has 1 aliphatic heterocycles. The lowest BCUT2D eigenvalue weighted by molar-refractivity contribution is 0.0384. The normalized spacial score (nSPS) is 16.9. The molecule has 1 fully saturated rings. The number of nitrogens with one attached hydrogen (secondary N) is 1. The molecule has 1 aromatic heterocycles. The first-order valence-corrected chi connectivity index (χ1v) is 6.70. The molecule has 5 heteroatoms. The SMILES string of the molecule is N#Cc1ccc(CNCCN2CCOCC2)s1. The Kier molecular flexibility index (Phi) is 4.95. The van der Waals surface area contributed by atoms with Gasteiger partial charge in [-0.1, -0.05) is 0 Å². The molecule has 2 rings (SSSR count). The van der Waals surface area contributed by atoms with E-state index in [4.69, 9.17) is 10.00 Å². The molecule has 0 aromatic carbocycles. The van der Waals surface area contributed by atoms with Crippen molar-refractivity contribution in [1.29, 1.82) is 5.26 Å². The minimum absolute atomic E-state index is 0.787. The Morgan fingerprint density at radius 2 is 2.24 bits per heavy atom. The van der Waals surface area contributed by atoms with Crippen LogP contribution >= 0.6 is 11.3 Å². The zero-order valence-corrected chi connectivity index (χ0v) is 10.6. The van der Waals surface area contributed by atoms with Crippen molar-refractivity contribution < 1.29 is 4.74 Å². The fourth-order valence-corrected chi connectivity index (χ4v) is 2.58. The number of nitriles is 1. The number of thiophene rings is 1. The maximum absolute atomic E-state index is 8.71. The maximum atomic E-state index is 8.71. The van der Waals surface area contributed by atoms with Gasteiger partial charge in [-0.25, -0.2) is 0 Å². The van der Waals surface area contributed by atoms with Gasteiger partial charge in [0, 0.05) is 37.6 Å². The van der Waals surface area contributed by atoms with E-state index in [1.54, 1.807) is 11.3 Å². The number of rotatable bonds is 5. The van der Waals surface area contributed by atoms with Gasteiger partial charge in [0.2, 0.25) is 0 Å². The Balaban J connectivity index is 1.61. The van der Waals surface area contributed by atoms with Gasteiger partial charge in [0.1, 0.15) is 10.9 Å². The van der Waals surface area contributed by atoms with E-state index in [1.165, 1.54) is 4.88 Å². The predicted octanol–water partition coefficient (Wildman–Crippen LogP) is 1.04. The molecular weight excluding hydrogens is 234 g/mol. The Hall–Kier alpha value is -0.930. The summed E-state index contributed by atoms with van der Waals surface area (Å²) in [6.07, 6.45) is 0. The summed E-state index contributed by atoms with van der Waals surface area (Å²) >= 11 is 1.56. The van der Waals surface area contributed by atoms with E-state index in [0.29, 0.717) is 0 Å². The van der Waals surface area contributed by atoms with Crippen LogP contribution in [0.2, 0.25) is 0 Å². The first-order valence-electron chi connectivity index (χ1n) is 5.88. The van der Waals surface area contributed by atoms with Crippen LogP contribution in [0.15, 0.2) is 12.1 Å². The minimum Gasteiger partial charge on any atom is -0.379 e. The van der Waals surface area contributed by atoms with Crippen LogP contribution in [0.1, 0.15) is 9.75 Å². The lowest BCUT2D eigenvalue weighted by Crippen LogP contribution is -2.40. The molecule has 0 radical (unpaired) electrons. The van der Waals surface area contributed by atoms with Gasteiger partial charge in [-0.15, -0.1) is 11.3 Å². The summed E-state index contributed by atoms with van der Waals surface area (Å²) in [5, 5.41) is 12.1. The molecule has 0 saturated carbocycles. The van der Waals surface area contributed by atoms with Crippen LogP contribution < -0.4 is 5.32 Å². The summed E-state index contributed by atoms with van der Waals surface area (Å²) in [6, 6.07) is 6.06. The average Bonchev–Trinajstić information content (AvgIpc) is 2.84. The number of morpholine rings is 1. The largest absolute Gasteiger partial charge is 0.379 e. The van der Waals surface area contributed by atoms with Crippen molar-refractivity contribution >= 4 is 11.3 Å². The second-order valence-corrected chi connectivity index (χ2v) is 5.18. The quantitative estimate of drug-likeness (QED) is 0.794. The summed E-state index contributed by atoms with van der Waals surface area (Å²) in [5.74, 6) is 0. The molecule has 1 N–H and O–H groups in total. The van der Waals surface area contributed by atoms with Gasteiger partial charge >= 0.3 is 0 Å². The summed E-state index contributed by atoms with van der Waals surface area (Å²) in [7, 11) is 0. The van der Waals surface area contributed by atoms with Crippen LogP contribution in [-0.4, -0.2) is 44.3 Å². The van der Waals surface area contributed by atoms with Gasteiger partial charge in [0.25, 0.3) is 0 Å². The minimum atomic E-state index is 0.787. The molecule has 0 atom stereocenters. The Labute approximate surface area is 106 Å². The van der Waals surface area contributed by atoms with Crippen LogP contribution in [0.5, 0.6) is 0 Å². The molecule has 0 unspecified atom stereocenters. The summed E-state index contributed by atoms with van der Waals surface area (Å²) in [6.45, 7) is 6.71. The number of nitrogens with zero attached hydrogens (tertiary/aromatic N) is 2. The van der Waals surface area contributed by atoms with Crippen molar-refractivity contribution in [2.45, 2.75) is 6.54 Å². The summed E-state index contributed by atoms with van der Waals surface area (Å²) in [5.41, 5.74) is 0. The molecule has 1 saturated heterocycles. The lowest BCUT2D eigenvalue weighted by atomic mass is 10.4. The molecule has 2 heterocycles. The number of hydrogen-bond donors (Lipinski definition) is 1. The molecule has 0 bridgehead atoms. The zero-order chi connectivity index (χ0) is 11.9. The Morgan fingerprint density at radius 1 is 1.41 bits per heavy atom. The van der Waals surface area contributed by atoms with Gasteiger partial charge in [-0.3, -0.25) is 4.90 Å². The Bertz CT molecular complexity index is 379. The fourth-order valence-electron chi connectivity index (χ4n) is 1.81. The summed E-state index contributed by atoms with van der Waals surface area (Å²) in [4.78, 5) is 4.42. The third-order valence-corrected chi connectivity index (χ3v) is 3.77. The lowest BCUT2D eigenvalue weighted by Gasteiger charge is -2.26. The molecule has 17 heavy (non-hydrogen) atoms. The molecule has 1 aliphatic rings. The second-order valence-electron chi connectivity index (χ2n) is 4.01. The van der Waals surface area contributed by atoms with Crippen molar-refractivity contribution in [3.05, 3.63) is 21.9 Å². The highest BCUT2D eigenvalue weighted by atomic mass is 32.1. The molecule has 1 aromatic rings. The average molecular weight is 251 g/mol. The van der Waals surface area contributed by atoms with Gasteiger partial charge in [-0.05, 0) is 12.1 Å². The first-order chi connectivity index (χ1) is 8.38. The molecular formula is C12H17N3OS. The number of ether oxygens (including phenoxy) is 1. The van der Waals surface area contributed by atoms with E-state index in [-0.39, 0.29) is 0 Å². The highest BCUT2D eigenvalue weighted by molar-refractivity contribution is 7.12. The van der Waals surface area contributed by atoms with Crippen molar-refractivity contribution in [2.24, 2.45) is 0 Å². The zero-order valence-electron chi connectivity index (χ0n) is 9.82. The Morgan fingerprint density at radius 3 is 2.94 bits per heavy atom. The van der Waals surface area contributed by atoms with Crippen LogP contribution in [-0.2, 0) is 11.3 Å². The topological polar surface area (TPSA) is 48.3 Å². The van der Waals surface area contributed by atoms with Crippen LogP contribution in [0, 0.1) is 11.3 Å². The van der Waals surface area contributed by atoms with Gasteiger partial charge in [0.05, 0.1) is 13.2 Å². The van der Waals surface area contributed by atoms with E-state index >= 15 is 0 Å². The molecule has 92 valence electrons. The van der Waals surface area contributed by atoms with Crippen molar-refractivity contribution in [3.63, 3.8) is 0 Å². The third kappa shape index (κ3) is 4.10. The third-order valence-electron chi connectivity index (χ3n) is 2.78. The first kappa shape index (κ1) is 12.5. The second kappa shape index (κ2) is 6.72. The van der Waals surface area contributed by atoms with Crippen LogP contribution in [0.3, 0.4) is 0 Å². The van der Waals surface area contributed by atoms with E-state index in [2.05, 4.69) is 16.3 Å². The molecule has 4 nitrogen and oxygen atoms in total. The summed E-state index contributed by atoms with van der Waals surface area (Å²) < 4.78 is 5.30. The predicted molar refractivity (Wildman–Crippen MR) is 68.0 cm³/mol. The van der Waals surface area contributed by atoms with Gasteiger partial charge < -0.3 is 10.1 Å². The smallest absolute Gasteiger partial charge is 0.110 e. The fraction of sp³-hybridized carbons (Fsp3) is 0.583. The standard InChI is InChI=1S/C12H17N3OS/c13-9-11-1-2-12(17-11)10-14-3-4-15-5-7-16-8-6-15/h1-2,14H,3-8,10H2. The van der Waals surface area contributed by atoms with Crippen molar-refractivity contribution in [3.8, 4) is 6.07 Å². The number of hydrogen-bond acceptors (Lipinski definition) is 5. The van der Waals surface area contributed by atoms with E-state index in [9.17, 15) is 0 Å². The van der Waals surface area contributed by atoms with Gasteiger partial charge in [-0.2, -0.15) is 5.26 Å². The van der Waals surface area contributed by atoms with Crippen molar-refractivity contribution in [2.75, 3.05) is 39.4 Å². The van der Waals surface area contributed by atoms with E-state index in [1.807, 2.05) is 12.1 Å². The molecule has 0 amide bonds.